The van der Waals surface area contributed by atoms with Gasteiger partial charge in [-0.1, -0.05) is 30.3 Å². The van der Waals surface area contributed by atoms with E-state index in [-0.39, 0.29) is 11.9 Å². The van der Waals surface area contributed by atoms with Crippen molar-refractivity contribution < 1.29 is 4.79 Å². The Hall–Kier alpha value is -3.52. The van der Waals surface area contributed by atoms with Crippen molar-refractivity contribution in [1.82, 2.24) is 25.2 Å². The van der Waals surface area contributed by atoms with Crippen LogP contribution < -0.4 is 15.1 Å². The first-order valence-electron chi connectivity index (χ1n) is 11.6. The van der Waals surface area contributed by atoms with E-state index in [1.165, 1.54) is 5.56 Å². The van der Waals surface area contributed by atoms with Gasteiger partial charge in [-0.2, -0.15) is 0 Å². The van der Waals surface area contributed by atoms with Crippen molar-refractivity contribution in [3.05, 3.63) is 78.2 Å². The molecule has 1 amide bonds. The van der Waals surface area contributed by atoms with Gasteiger partial charge < -0.3 is 20.0 Å². The van der Waals surface area contributed by atoms with Gasteiger partial charge in [0.2, 0.25) is 5.95 Å². The number of nitrogens with one attached hydrogen (secondary N) is 1. The Morgan fingerprint density at radius 2 is 1.70 bits per heavy atom. The fourth-order valence-corrected chi connectivity index (χ4v) is 4.52. The van der Waals surface area contributed by atoms with E-state index in [9.17, 15) is 4.79 Å². The first kappa shape index (κ1) is 21.3. The predicted molar refractivity (Wildman–Crippen MR) is 128 cm³/mol. The summed E-state index contributed by atoms with van der Waals surface area (Å²) in [5.74, 6) is 1.67. The summed E-state index contributed by atoms with van der Waals surface area (Å²) < 4.78 is 0. The molecule has 1 atom stereocenters. The summed E-state index contributed by atoms with van der Waals surface area (Å²) >= 11 is 0. The molecule has 1 aromatic carbocycles. The normalized spacial score (nSPS) is 19.3. The van der Waals surface area contributed by atoms with Crippen LogP contribution in [0.15, 0.2) is 67.1 Å². The number of rotatable bonds is 4. The smallest absolute Gasteiger partial charge is 0.255 e. The summed E-state index contributed by atoms with van der Waals surface area (Å²) in [5, 5.41) is 3.59. The van der Waals surface area contributed by atoms with E-state index in [0.717, 1.165) is 57.5 Å². The lowest BCUT2D eigenvalue weighted by Gasteiger charge is -2.34. The van der Waals surface area contributed by atoms with Crippen molar-refractivity contribution in [2.45, 2.75) is 12.5 Å². The molecule has 2 fully saturated rings. The van der Waals surface area contributed by atoms with Crippen molar-refractivity contribution in [1.29, 1.82) is 0 Å². The molecule has 2 aliphatic heterocycles. The molecule has 2 aliphatic rings. The third-order valence-corrected chi connectivity index (χ3v) is 6.31. The van der Waals surface area contributed by atoms with Gasteiger partial charge in [0.05, 0.1) is 5.56 Å². The van der Waals surface area contributed by atoms with Crippen LogP contribution in [0, 0.1) is 0 Å². The Balaban J connectivity index is 1.21. The van der Waals surface area contributed by atoms with Crippen LogP contribution in [0.1, 0.15) is 28.4 Å². The summed E-state index contributed by atoms with van der Waals surface area (Å²) in [6, 6.07) is 16.5. The minimum absolute atomic E-state index is 0.0346. The quantitative estimate of drug-likeness (QED) is 0.663. The van der Waals surface area contributed by atoms with Crippen molar-refractivity contribution in [3.8, 4) is 0 Å². The molecule has 0 spiro atoms. The van der Waals surface area contributed by atoms with Gasteiger partial charge in [-0.15, -0.1) is 0 Å². The van der Waals surface area contributed by atoms with Crippen molar-refractivity contribution >= 4 is 17.7 Å². The number of hydrogen-bond acceptors (Lipinski definition) is 7. The monoisotopic (exact) mass is 443 g/mol. The second-order valence-electron chi connectivity index (χ2n) is 8.45. The van der Waals surface area contributed by atoms with Crippen molar-refractivity contribution in [2.24, 2.45) is 0 Å². The highest BCUT2D eigenvalue weighted by Gasteiger charge is 2.24. The summed E-state index contributed by atoms with van der Waals surface area (Å²) in [4.78, 5) is 32.8. The Labute approximate surface area is 194 Å². The molecule has 0 saturated carbocycles. The van der Waals surface area contributed by atoms with Gasteiger partial charge in [-0.25, -0.2) is 15.0 Å². The lowest BCUT2D eigenvalue weighted by Crippen LogP contribution is -2.46. The van der Waals surface area contributed by atoms with Crippen LogP contribution in [0.2, 0.25) is 0 Å². The Morgan fingerprint density at radius 3 is 2.48 bits per heavy atom. The Bertz CT molecular complexity index is 1050. The second kappa shape index (κ2) is 9.95. The summed E-state index contributed by atoms with van der Waals surface area (Å²) in [7, 11) is 0. The van der Waals surface area contributed by atoms with Gasteiger partial charge in [-0.3, -0.25) is 4.79 Å². The molecular weight excluding hydrogens is 414 g/mol. The van der Waals surface area contributed by atoms with Crippen LogP contribution in [-0.4, -0.2) is 71.6 Å². The summed E-state index contributed by atoms with van der Waals surface area (Å²) in [6.45, 7) is 5.59. The Morgan fingerprint density at radius 1 is 0.848 bits per heavy atom. The number of hydrogen-bond donors (Lipinski definition) is 1. The number of pyridine rings is 1. The zero-order valence-electron chi connectivity index (χ0n) is 18.7. The number of aromatic nitrogens is 3. The number of carbonyl (C=O) groups is 1. The molecular formula is C25H29N7O. The zero-order chi connectivity index (χ0) is 22.5. The highest BCUT2D eigenvalue weighted by molar-refractivity contribution is 5.94. The molecule has 0 bridgehead atoms. The lowest BCUT2D eigenvalue weighted by molar-refractivity contribution is 0.0766. The molecule has 8 heteroatoms. The van der Waals surface area contributed by atoms with Gasteiger partial charge in [-0.05, 0) is 30.2 Å². The number of nitrogens with zero attached hydrogens (tertiary/aromatic N) is 6. The van der Waals surface area contributed by atoms with Gasteiger partial charge in [0.15, 0.2) is 0 Å². The van der Waals surface area contributed by atoms with E-state index in [1.54, 1.807) is 18.6 Å². The molecule has 2 saturated heterocycles. The largest absolute Gasteiger partial charge is 0.353 e. The lowest BCUT2D eigenvalue weighted by atomic mass is 10.0. The van der Waals surface area contributed by atoms with Gasteiger partial charge in [0, 0.05) is 70.4 Å². The second-order valence-corrected chi connectivity index (χ2v) is 8.45. The summed E-state index contributed by atoms with van der Waals surface area (Å²) in [5.41, 5.74) is 1.92. The van der Waals surface area contributed by atoms with Crippen molar-refractivity contribution in [3.63, 3.8) is 0 Å². The number of piperazine rings is 1. The third-order valence-electron chi connectivity index (χ3n) is 6.31. The van der Waals surface area contributed by atoms with Crippen LogP contribution in [0.25, 0.3) is 0 Å². The van der Waals surface area contributed by atoms with Crippen LogP contribution in [0.4, 0.5) is 11.8 Å². The molecule has 5 rings (SSSR count). The van der Waals surface area contributed by atoms with Crippen LogP contribution in [-0.2, 0) is 0 Å². The first-order chi connectivity index (χ1) is 16.3. The molecule has 0 unspecified atom stereocenters. The zero-order valence-corrected chi connectivity index (χ0v) is 18.7. The van der Waals surface area contributed by atoms with E-state index < -0.39 is 0 Å². The maximum atomic E-state index is 13.1. The first-order valence-corrected chi connectivity index (χ1v) is 11.6. The fourth-order valence-electron chi connectivity index (χ4n) is 4.52. The molecule has 170 valence electrons. The predicted octanol–water partition coefficient (Wildman–Crippen LogP) is 2.38. The van der Waals surface area contributed by atoms with Gasteiger partial charge in [0.1, 0.15) is 5.82 Å². The average Bonchev–Trinajstić information content (AvgIpc) is 3.16. The number of benzene rings is 1. The van der Waals surface area contributed by atoms with Crippen molar-refractivity contribution in [2.75, 3.05) is 55.6 Å². The molecule has 4 heterocycles. The average molecular weight is 444 g/mol. The van der Waals surface area contributed by atoms with E-state index in [2.05, 4.69) is 54.3 Å². The number of amides is 1. The standard InChI is InChI=1S/C25H29N7O/c33-24(30-13-5-14-31(17-16-30)25-27-10-4-11-28-25)21-8-9-23(29-18-21)32-15-12-26-22(19-32)20-6-2-1-3-7-20/h1-4,6-11,18,22,26H,5,12-17,19H2/t22-/m0/s1. The highest BCUT2D eigenvalue weighted by Crippen LogP contribution is 2.22. The van der Waals surface area contributed by atoms with E-state index in [1.807, 2.05) is 29.2 Å². The topological polar surface area (TPSA) is 77.5 Å². The molecule has 1 N–H and O–H groups in total. The number of anilines is 2. The van der Waals surface area contributed by atoms with E-state index >= 15 is 0 Å². The summed E-state index contributed by atoms with van der Waals surface area (Å²) in [6.07, 6.45) is 6.12. The molecule has 33 heavy (non-hydrogen) atoms. The molecule has 8 nitrogen and oxygen atoms in total. The minimum Gasteiger partial charge on any atom is -0.353 e. The SMILES string of the molecule is O=C(c1ccc(N2CCN[C@H](c3ccccc3)C2)nc1)N1CCCN(c2ncccn2)CC1. The maximum absolute atomic E-state index is 13.1. The van der Waals surface area contributed by atoms with Crippen LogP contribution in [0.3, 0.4) is 0 Å². The van der Waals surface area contributed by atoms with Gasteiger partial charge >= 0.3 is 0 Å². The number of carbonyl (C=O) groups excluding carboxylic acids is 1. The van der Waals surface area contributed by atoms with E-state index in [4.69, 9.17) is 0 Å². The van der Waals surface area contributed by atoms with E-state index in [0.29, 0.717) is 12.1 Å². The minimum atomic E-state index is 0.0346. The van der Waals surface area contributed by atoms with Crippen LogP contribution in [0.5, 0.6) is 0 Å². The fraction of sp³-hybridized carbons (Fsp3) is 0.360. The highest BCUT2D eigenvalue weighted by atomic mass is 16.2. The maximum Gasteiger partial charge on any atom is 0.255 e. The van der Waals surface area contributed by atoms with Gasteiger partial charge in [0.25, 0.3) is 5.91 Å². The molecule has 0 radical (unpaired) electrons. The van der Waals surface area contributed by atoms with Crippen LogP contribution >= 0.6 is 0 Å². The molecule has 2 aromatic heterocycles. The molecule has 3 aromatic rings. The third kappa shape index (κ3) is 4.96. The molecule has 0 aliphatic carbocycles. The Kier molecular flexibility index (Phi) is 6.44.